The molecule has 2 rings (SSSR count). The molecule has 1 fully saturated rings. The first-order chi connectivity index (χ1) is 9.74. The van der Waals surface area contributed by atoms with Gasteiger partial charge in [0.1, 0.15) is 0 Å². The molecule has 1 aliphatic rings. The van der Waals surface area contributed by atoms with Crippen molar-refractivity contribution in [1.82, 2.24) is 10.2 Å². The van der Waals surface area contributed by atoms with Crippen molar-refractivity contribution in [3.05, 3.63) is 35.9 Å². The third-order valence-electron chi connectivity index (χ3n) is 3.51. The molecule has 1 amide bonds. The van der Waals surface area contributed by atoms with E-state index in [2.05, 4.69) is 17.4 Å². The van der Waals surface area contributed by atoms with Crippen LogP contribution in [-0.2, 0) is 16.1 Å². The van der Waals surface area contributed by atoms with Gasteiger partial charge in [-0.15, -0.1) is 0 Å². The molecular formula is C16H24N2O2. The second-order valence-corrected chi connectivity index (χ2v) is 5.45. The van der Waals surface area contributed by atoms with Gasteiger partial charge < -0.3 is 10.1 Å². The van der Waals surface area contributed by atoms with Gasteiger partial charge in [0.05, 0.1) is 12.6 Å². The monoisotopic (exact) mass is 276 g/mol. The number of rotatable bonds is 6. The average molecular weight is 276 g/mol. The summed E-state index contributed by atoms with van der Waals surface area (Å²) in [6, 6.07) is 10.2. The predicted octanol–water partition coefficient (Wildman–Crippen LogP) is 1.80. The van der Waals surface area contributed by atoms with Crippen molar-refractivity contribution in [1.29, 1.82) is 0 Å². The lowest BCUT2D eigenvalue weighted by atomic mass is 10.1. The number of likely N-dealkylation sites (N-methyl/N-ethyl adjacent to an activating group) is 1. The molecular weight excluding hydrogens is 252 g/mol. The molecule has 0 aliphatic carbocycles. The number of benzene rings is 1. The molecule has 1 aromatic carbocycles. The Morgan fingerprint density at radius 1 is 1.35 bits per heavy atom. The minimum absolute atomic E-state index is 0.0672. The molecule has 4 heteroatoms. The SMILES string of the molecule is CN(CC(=O)NCC1CCCCO1)Cc1ccccc1. The maximum absolute atomic E-state index is 11.9. The van der Waals surface area contributed by atoms with Gasteiger partial charge >= 0.3 is 0 Å². The highest BCUT2D eigenvalue weighted by atomic mass is 16.5. The van der Waals surface area contributed by atoms with Crippen LogP contribution in [-0.4, -0.2) is 43.7 Å². The topological polar surface area (TPSA) is 41.6 Å². The van der Waals surface area contributed by atoms with Crippen LogP contribution in [0.15, 0.2) is 30.3 Å². The highest BCUT2D eigenvalue weighted by Gasteiger charge is 2.15. The molecule has 0 spiro atoms. The Hall–Kier alpha value is -1.39. The summed E-state index contributed by atoms with van der Waals surface area (Å²) >= 11 is 0. The highest BCUT2D eigenvalue weighted by Crippen LogP contribution is 2.11. The first kappa shape index (κ1) is 15.0. The van der Waals surface area contributed by atoms with Crippen LogP contribution in [0, 0.1) is 0 Å². The van der Waals surface area contributed by atoms with Gasteiger partial charge in [0.15, 0.2) is 0 Å². The van der Waals surface area contributed by atoms with E-state index in [0.29, 0.717) is 13.1 Å². The summed E-state index contributed by atoms with van der Waals surface area (Å²) in [5.74, 6) is 0.0672. The van der Waals surface area contributed by atoms with Crippen molar-refractivity contribution in [3.63, 3.8) is 0 Å². The van der Waals surface area contributed by atoms with Crippen molar-refractivity contribution >= 4 is 5.91 Å². The molecule has 0 radical (unpaired) electrons. The van der Waals surface area contributed by atoms with Crippen LogP contribution >= 0.6 is 0 Å². The molecule has 0 saturated carbocycles. The molecule has 4 nitrogen and oxygen atoms in total. The van der Waals surface area contributed by atoms with Gasteiger partial charge in [-0.2, -0.15) is 0 Å². The number of amides is 1. The molecule has 1 saturated heterocycles. The van der Waals surface area contributed by atoms with Crippen LogP contribution in [0.4, 0.5) is 0 Å². The quantitative estimate of drug-likeness (QED) is 0.861. The minimum Gasteiger partial charge on any atom is -0.376 e. The summed E-state index contributed by atoms with van der Waals surface area (Å²) in [7, 11) is 1.96. The Kier molecular flexibility index (Phi) is 6.02. The zero-order valence-electron chi connectivity index (χ0n) is 12.2. The smallest absolute Gasteiger partial charge is 0.234 e. The number of carbonyl (C=O) groups is 1. The third kappa shape index (κ3) is 5.31. The van der Waals surface area contributed by atoms with Gasteiger partial charge in [0.25, 0.3) is 0 Å². The van der Waals surface area contributed by atoms with Gasteiger partial charge in [-0.3, -0.25) is 9.69 Å². The Balaban J connectivity index is 1.65. The third-order valence-corrected chi connectivity index (χ3v) is 3.51. The van der Waals surface area contributed by atoms with E-state index in [9.17, 15) is 4.79 Å². The van der Waals surface area contributed by atoms with E-state index in [1.54, 1.807) is 0 Å². The zero-order valence-corrected chi connectivity index (χ0v) is 12.2. The standard InChI is InChI=1S/C16H24N2O2/c1-18(12-14-7-3-2-4-8-14)13-16(19)17-11-15-9-5-6-10-20-15/h2-4,7-8,15H,5-6,9-13H2,1H3,(H,17,19). The fourth-order valence-corrected chi connectivity index (χ4v) is 2.45. The fraction of sp³-hybridized carbons (Fsp3) is 0.562. The largest absolute Gasteiger partial charge is 0.376 e. The average Bonchev–Trinajstić information content (AvgIpc) is 2.47. The van der Waals surface area contributed by atoms with Crippen LogP contribution < -0.4 is 5.32 Å². The summed E-state index contributed by atoms with van der Waals surface area (Å²) in [6.07, 6.45) is 3.60. The molecule has 1 unspecified atom stereocenters. The van der Waals surface area contributed by atoms with E-state index < -0.39 is 0 Å². The van der Waals surface area contributed by atoms with Crippen molar-refractivity contribution in [2.45, 2.75) is 31.9 Å². The van der Waals surface area contributed by atoms with Gasteiger partial charge in [0, 0.05) is 19.7 Å². The number of hydrogen-bond donors (Lipinski definition) is 1. The number of carbonyl (C=O) groups excluding carboxylic acids is 1. The molecule has 0 bridgehead atoms. The Bertz CT molecular complexity index is 402. The summed E-state index contributed by atoms with van der Waals surface area (Å²) < 4.78 is 5.60. The number of nitrogens with zero attached hydrogens (tertiary/aromatic N) is 1. The number of hydrogen-bond acceptors (Lipinski definition) is 3. The molecule has 20 heavy (non-hydrogen) atoms. The predicted molar refractivity (Wildman–Crippen MR) is 79.4 cm³/mol. The number of ether oxygens (including phenoxy) is 1. The second kappa shape index (κ2) is 8.02. The summed E-state index contributed by atoms with van der Waals surface area (Å²) in [4.78, 5) is 13.9. The Morgan fingerprint density at radius 3 is 2.85 bits per heavy atom. The molecule has 0 aromatic heterocycles. The van der Waals surface area contributed by atoms with Crippen LogP contribution in [0.25, 0.3) is 0 Å². The maximum atomic E-state index is 11.9. The summed E-state index contributed by atoms with van der Waals surface area (Å²) in [5.41, 5.74) is 1.22. The van der Waals surface area contributed by atoms with E-state index in [4.69, 9.17) is 4.74 Å². The first-order valence-corrected chi connectivity index (χ1v) is 7.35. The second-order valence-electron chi connectivity index (χ2n) is 5.45. The number of nitrogens with one attached hydrogen (secondary N) is 1. The normalized spacial score (nSPS) is 19.0. The zero-order chi connectivity index (χ0) is 14.2. The highest BCUT2D eigenvalue weighted by molar-refractivity contribution is 5.77. The summed E-state index contributed by atoms with van der Waals surface area (Å²) in [5, 5.41) is 2.96. The molecule has 1 atom stereocenters. The van der Waals surface area contributed by atoms with E-state index in [1.807, 2.05) is 30.1 Å². The van der Waals surface area contributed by atoms with Gasteiger partial charge in [-0.25, -0.2) is 0 Å². The van der Waals surface area contributed by atoms with Crippen molar-refractivity contribution in [2.24, 2.45) is 0 Å². The summed E-state index contributed by atoms with van der Waals surface area (Å²) in [6.45, 7) is 2.67. The minimum atomic E-state index is 0.0672. The fourth-order valence-electron chi connectivity index (χ4n) is 2.45. The van der Waals surface area contributed by atoms with Crippen LogP contribution in [0.3, 0.4) is 0 Å². The van der Waals surface area contributed by atoms with E-state index >= 15 is 0 Å². The van der Waals surface area contributed by atoms with Crippen molar-refractivity contribution in [3.8, 4) is 0 Å². The van der Waals surface area contributed by atoms with E-state index in [1.165, 1.54) is 12.0 Å². The van der Waals surface area contributed by atoms with Crippen LogP contribution in [0.1, 0.15) is 24.8 Å². The Labute approximate surface area is 121 Å². The Morgan fingerprint density at radius 2 is 2.15 bits per heavy atom. The van der Waals surface area contributed by atoms with Gasteiger partial charge in [-0.1, -0.05) is 30.3 Å². The van der Waals surface area contributed by atoms with Crippen molar-refractivity contribution in [2.75, 3.05) is 26.7 Å². The van der Waals surface area contributed by atoms with Crippen molar-refractivity contribution < 1.29 is 9.53 Å². The van der Waals surface area contributed by atoms with E-state index in [-0.39, 0.29) is 12.0 Å². The maximum Gasteiger partial charge on any atom is 0.234 e. The first-order valence-electron chi connectivity index (χ1n) is 7.35. The molecule has 110 valence electrons. The van der Waals surface area contributed by atoms with Gasteiger partial charge in [-0.05, 0) is 31.9 Å². The lowest BCUT2D eigenvalue weighted by molar-refractivity contribution is -0.123. The molecule has 1 aliphatic heterocycles. The molecule has 1 aromatic rings. The van der Waals surface area contributed by atoms with Gasteiger partial charge in [0.2, 0.25) is 5.91 Å². The van der Waals surface area contributed by atoms with Crippen LogP contribution in [0.2, 0.25) is 0 Å². The lowest BCUT2D eigenvalue weighted by Crippen LogP contribution is -2.40. The lowest BCUT2D eigenvalue weighted by Gasteiger charge is -2.23. The molecule has 1 heterocycles. The molecule has 1 N–H and O–H groups in total. The van der Waals surface area contributed by atoms with Crippen LogP contribution in [0.5, 0.6) is 0 Å². The van der Waals surface area contributed by atoms with E-state index in [0.717, 1.165) is 26.0 Å².